The van der Waals surface area contributed by atoms with Crippen molar-refractivity contribution in [3.63, 3.8) is 0 Å². The highest BCUT2D eigenvalue weighted by Gasteiger charge is 2.36. The number of aromatic nitrogens is 4. The van der Waals surface area contributed by atoms with Gasteiger partial charge in [0.1, 0.15) is 5.82 Å². The molecule has 0 bridgehead atoms. The smallest absolute Gasteiger partial charge is 0.197 e. The van der Waals surface area contributed by atoms with Gasteiger partial charge in [0, 0.05) is 17.0 Å². The van der Waals surface area contributed by atoms with Gasteiger partial charge in [-0.3, -0.25) is 4.40 Å². The summed E-state index contributed by atoms with van der Waals surface area (Å²) in [6.07, 6.45) is 3.89. The molecule has 1 atom stereocenters. The van der Waals surface area contributed by atoms with Crippen molar-refractivity contribution in [2.24, 2.45) is 5.41 Å². The second-order valence-electron chi connectivity index (χ2n) is 6.11. The third-order valence-electron chi connectivity index (χ3n) is 4.06. The Morgan fingerprint density at radius 1 is 1.32 bits per heavy atom. The van der Waals surface area contributed by atoms with E-state index in [9.17, 15) is 0 Å². The summed E-state index contributed by atoms with van der Waals surface area (Å²) in [4.78, 5) is 4.52. The number of thioether (sulfide) groups is 1. The van der Waals surface area contributed by atoms with E-state index in [0.717, 1.165) is 22.3 Å². The van der Waals surface area contributed by atoms with Gasteiger partial charge in [-0.05, 0) is 32.1 Å². The summed E-state index contributed by atoms with van der Waals surface area (Å²) in [5, 5.41) is 10.3. The Balaban J connectivity index is 1.98. The van der Waals surface area contributed by atoms with Crippen LogP contribution in [0.2, 0.25) is 0 Å². The van der Waals surface area contributed by atoms with Crippen LogP contribution in [-0.4, -0.2) is 24.8 Å². The van der Waals surface area contributed by atoms with Crippen LogP contribution in [0.15, 0.2) is 11.2 Å². The molecule has 19 heavy (non-hydrogen) atoms. The molecule has 5 heteroatoms. The summed E-state index contributed by atoms with van der Waals surface area (Å²) < 4.78 is 2.08. The van der Waals surface area contributed by atoms with Gasteiger partial charge in [0.15, 0.2) is 10.8 Å². The van der Waals surface area contributed by atoms with E-state index < -0.39 is 0 Å². The first-order chi connectivity index (χ1) is 8.97. The van der Waals surface area contributed by atoms with Crippen LogP contribution in [0.1, 0.15) is 44.6 Å². The van der Waals surface area contributed by atoms with Crippen molar-refractivity contribution in [1.29, 1.82) is 0 Å². The molecule has 4 nitrogen and oxygen atoms in total. The number of fused-ring (bicyclic) bond motifs is 1. The van der Waals surface area contributed by atoms with Gasteiger partial charge in [-0.2, -0.15) is 0 Å². The largest absolute Gasteiger partial charge is 0.258 e. The van der Waals surface area contributed by atoms with Gasteiger partial charge in [-0.15, -0.1) is 10.2 Å². The lowest BCUT2D eigenvalue weighted by Crippen LogP contribution is -2.20. The quantitative estimate of drug-likeness (QED) is 0.843. The van der Waals surface area contributed by atoms with E-state index in [1.807, 2.05) is 31.7 Å². The highest BCUT2D eigenvalue weighted by atomic mass is 32.2. The number of hydrogen-bond acceptors (Lipinski definition) is 4. The van der Waals surface area contributed by atoms with Crippen LogP contribution < -0.4 is 0 Å². The standard InChI is InChI=1S/C14H20N4S/c1-9-8-12-16-17-13(18(12)10(2)15-9)19-11-6-5-7-14(11,3)4/h8,11H,5-7H2,1-4H3/t11-/m1/s1. The molecular weight excluding hydrogens is 256 g/mol. The number of aryl methyl sites for hydroxylation is 2. The minimum atomic E-state index is 0.391. The third-order valence-corrected chi connectivity index (χ3v) is 5.70. The molecule has 0 aliphatic heterocycles. The van der Waals surface area contributed by atoms with Gasteiger partial charge in [-0.1, -0.05) is 32.0 Å². The monoisotopic (exact) mass is 276 g/mol. The van der Waals surface area contributed by atoms with Crippen molar-refractivity contribution in [2.45, 2.75) is 57.4 Å². The van der Waals surface area contributed by atoms with Crippen molar-refractivity contribution < 1.29 is 0 Å². The molecule has 102 valence electrons. The second-order valence-corrected chi connectivity index (χ2v) is 7.28. The Bertz CT molecular complexity index is 617. The highest BCUT2D eigenvalue weighted by Crippen LogP contribution is 2.46. The van der Waals surface area contributed by atoms with Crippen LogP contribution in [0.3, 0.4) is 0 Å². The SMILES string of the molecule is Cc1cc2nnc(S[C@@H]3CCCC3(C)C)n2c(C)n1. The summed E-state index contributed by atoms with van der Waals surface area (Å²) in [6.45, 7) is 8.73. The van der Waals surface area contributed by atoms with E-state index in [1.165, 1.54) is 19.3 Å². The Morgan fingerprint density at radius 2 is 2.11 bits per heavy atom. The fourth-order valence-corrected chi connectivity index (χ4v) is 4.32. The second kappa shape index (κ2) is 4.47. The molecule has 1 aliphatic rings. The zero-order valence-electron chi connectivity index (χ0n) is 12.0. The molecule has 0 radical (unpaired) electrons. The van der Waals surface area contributed by atoms with Gasteiger partial charge in [-0.25, -0.2) is 4.98 Å². The lowest BCUT2D eigenvalue weighted by atomic mass is 9.92. The zero-order chi connectivity index (χ0) is 13.6. The van der Waals surface area contributed by atoms with E-state index in [-0.39, 0.29) is 0 Å². The lowest BCUT2D eigenvalue weighted by Gasteiger charge is -2.25. The molecule has 0 unspecified atom stereocenters. The van der Waals surface area contributed by atoms with Crippen molar-refractivity contribution in [3.05, 3.63) is 17.6 Å². The van der Waals surface area contributed by atoms with E-state index in [0.29, 0.717) is 10.7 Å². The molecule has 1 aliphatic carbocycles. The van der Waals surface area contributed by atoms with Crippen LogP contribution >= 0.6 is 11.8 Å². The molecule has 0 N–H and O–H groups in total. The number of nitrogens with zero attached hydrogens (tertiary/aromatic N) is 4. The molecule has 0 amide bonds. The van der Waals surface area contributed by atoms with Gasteiger partial charge in [0.05, 0.1) is 0 Å². The van der Waals surface area contributed by atoms with Crippen LogP contribution in [0, 0.1) is 19.3 Å². The maximum absolute atomic E-state index is 4.52. The molecule has 2 aromatic heterocycles. The topological polar surface area (TPSA) is 43.1 Å². The van der Waals surface area contributed by atoms with Crippen LogP contribution in [0.4, 0.5) is 0 Å². The third kappa shape index (κ3) is 2.24. The van der Waals surface area contributed by atoms with Crippen LogP contribution in [0.5, 0.6) is 0 Å². The predicted molar refractivity (Wildman–Crippen MR) is 77.5 cm³/mol. The highest BCUT2D eigenvalue weighted by molar-refractivity contribution is 7.99. The maximum atomic E-state index is 4.52. The summed E-state index contributed by atoms with van der Waals surface area (Å²) >= 11 is 1.86. The molecule has 2 aromatic rings. The fraction of sp³-hybridized carbons (Fsp3) is 0.643. The fourth-order valence-electron chi connectivity index (χ4n) is 2.92. The first-order valence-electron chi connectivity index (χ1n) is 6.83. The van der Waals surface area contributed by atoms with Crippen LogP contribution in [0.25, 0.3) is 5.65 Å². The van der Waals surface area contributed by atoms with Crippen molar-refractivity contribution in [2.75, 3.05) is 0 Å². The first-order valence-corrected chi connectivity index (χ1v) is 7.71. The summed E-state index contributed by atoms with van der Waals surface area (Å²) in [6, 6.07) is 1.99. The van der Waals surface area contributed by atoms with E-state index >= 15 is 0 Å². The molecule has 1 fully saturated rings. The van der Waals surface area contributed by atoms with Crippen LogP contribution in [-0.2, 0) is 0 Å². The molecule has 0 aromatic carbocycles. The predicted octanol–water partition coefficient (Wildman–Crippen LogP) is 3.41. The summed E-state index contributed by atoms with van der Waals surface area (Å²) in [5.41, 5.74) is 2.29. The van der Waals surface area contributed by atoms with Crippen molar-refractivity contribution in [3.8, 4) is 0 Å². The molecule has 0 spiro atoms. The number of rotatable bonds is 2. The van der Waals surface area contributed by atoms with Gasteiger partial charge in [0.25, 0.3) is 0 Å². The summed E-state index contributed by atoms with van der Waals surface area (Å²) in [7, 11) is 0. The average molecular weight is 276 g/mol. The molecule has 2 heterocycles. The minimum Gasteiger partial charge on any atom is -0.258 e. The molecule has 3 rings (SSSR count). The molecule has 1 saturated carbocycles. The molecular formula is C14H20N4S. The Labute approximate surface area is 118 Å². The Morgan fingerprint density at radius 3 is 2.79 bits per heavy atom. The van der Waals surface area contributed by atoms with Gasteiger partial charge >= 0.3 is 0 Å². The normalized spacial score (nSPS) is 22.2. The van der Waals surface area contributed by atoms with E-state index in [2.05, 4.69) is 33.4 Å². The Hall–Kier alpha value is -1.10. The zero-order valence-corrected chi connectivity index (χ0v) is 12.8. The molecule has 0 saturated heterocycles. The maximum Gasteiger partial charge on any atom is 0.197 e. The Kier molecular flexibility index (Phi) is 3.04. The van der Waals surface area contributed by atoms with E-state index in [1.54, 1.807) is 0 Å². The van der Waals surface area contributed by atoms with Crippen molar-refractivity contribution >= 4 is 17.4 Å². The van der Waals surface area contributed by atoms with Gasteiger partial charge < -0.3 is 0 Å². The van der Waals surface area contributed by atoms with Gasteiger partial charge in [0.2, 0.25) is 0 Å². The lowest BCUT2D eigenvalue weighted by molar-refractivity contribution is 0.392. The average Bonchev–Trinajstić information content (AvgIpc) is 2.84. The minimum absolute atomic E-state index is 0.391. The van der Waals surface area contributed by atoms with Crippen molar-refractivity contribution in [1.82, 2.24) is 19.6 Å². The van der Waals surface area contributed by atoms with E-state index in [4.69, 9.17) is 0 Å². The summed E-state index contributed by atoms with van der Waals surface area (Å²) in [5.74, 6) is 0.971. The first kappa shape index (κ1) is 12.9. The number of hydrogen-bond donors (Lipinski definition) is 0.